The van der Waals surface area contributed by atoms with E-state index in [2.05, 4.69) is 10.3 Å². The number of rotatable bonds is 12. The van der Waals surface area contributed by atoms with Crippen LogP contribution in [0.4, 0.5) is 11.7 Å². The fourth-order valence-electron chi connectivity index (χ4n) is 4.45. The molecule has 1 atom stereocenters. The van der Waals surface area contributed by atoms with Gasteiger partial charge in [-0.15, -0.1) is 0 Å². The molecular weight excluding hydrogens is 554 g/mol. The number of likely N-dealkylation sites (N-methyl/N-ethyl adjacent to an activating group) is 1. The van der Waals surface area contributed by atoms with Gasteiger partial charge >= 0.3 is 5.97 Å². The van der Waals surface area contributed by atoms with Gasteiger partial charge in [-0.25, -0.2) is 13.2 Å². The summed E-state index contributed by atoms with van der Waals surface area (Å²) in [5, 5.41) is 3.10. The van der Waals surface area contributed by atoms with Crippen LogP contribution in [0.15, 0.2) is 117 Å². The molecule has 0 aliphatic heterocycles. The van der Waals surface area contributed by atoms with Crippen molar-refractivity contribution in [1.82, 2.24) is 4.98 Å². The van der Waals surface area contributed by atoms with Crippen LogP contribution < -0.4 is 15.0 Å². The minimum absolute atomic E-state index is 0.0802. The molecule has 10 heteroatoms. The van der Waals surface area contributed by atoms with Gasteiger partial charge in [0.25, 0.3) is 6.01 Å². The lowest BCUT2D eigenvalue weighted by molar-refractivity contribution is -0.141. The second-order valence-corrected chi connectivity index (χ2v) is 11.5. The van der Waals surface area contributed by atoms with Crippen molar-refractivity contribution in [3.05, 3.63) is 109 Å². The number of hydrogen-bond donors (Lipinski definition) is 1. The Kier molecular flexibility index (Phi) is 8.73. The van der Waals surface area contributed by atoms with Crippen molar-refractivity contribution < 1.29 is 27.1 Å². The number of esters is 1. The number of sulfone groups is 1. The highest BCUT2D eigenvalue weighted by Crippen LogP contribution is 2.29. The third kappa shape index (κ3) is 6.55. The van der Waals surface area contributed by atoms with Crippen molar-refractivity contribution >= 4 is 38.6 Å². The predicted octanol–water partition coefficient (Wildman–Crippen LogP) is 5.37. The first-order valence-corrected chi connectivity index (χ1v) is 14.9. The molecule has 0 aliphatic rings. The number of aromatic nitrogens is 1. The number of hydrogen-bond acceptors (Lipinski definition) is 9. The number of carbonyl (C=O) groups is 1. The largest absolute Gasteiger partial charge is 0.492 e. The molecule has 0 amide bonds. The zero-order valence-corrected chi connectivity index (χ0v) is 24.1. The zero-order valence-electron chi connectivity index (χ0n) is 23.3. The number of benzene rings is 4. The normalized spacial score (nSPS) is 12.0. The average molecular weight is 586 g/mol. The summed E-state index contributed by atoms with van der Waals surface area (Å²) >= 11 is 0. The Labute approximate surface area is 244 Å². The first-order valence-electron chi connectivity index (χ1n) is 13.4. The molecule has 1 unspecified atom stereocenters. The highest BCUT2D eigenvalue weighted by molar-refractivity contribution is 7.91. The summed E-state index contributed by atoms with van der Waals surface area (Å²) in [5.41, 5.74) is 2.70. The number of anilines is 2. The molecule has 5 rings (SSSR count). The second-order valence-electron chi connectivity index (χ2n) is 9.61. The van der Waals surface area contributed by atoms with E-state index >= 15 is 0 Å². The van der Waals surface area contributed by atoms with Gasteiger partial charge in [-0.05, 0) is 54.1 Å². The number of ether oxygens (including phenoxy) is 2. The van der Waals surface area contributed by atoms with E-state index in [1.165, 1.54) is 13.2 Å². The lowest BCUT2D eigenvalue weighted by atomic mass is 10.1. The van der Waals surface area contributed by atoms with Crippen LogP contribution in [-0.4, -0.2) is 52.7 Å². The van der Waals surface area contributed by atoms with Gasteiger partial charge < -0.3 is 24.1 Å². The molecule has 9 nitrogen and oxygen atoms in total. The molecule has 0 bridgehead atoms. The number of nitrogens with one attached hydrogen (secondary N) is 1. The molecule has 0 spiro atoms. The van der Waals surface area contributed by atoms with Crippen LogP contribution in [0.25, 0.3) is 11.1 Å². The SMILES string of the molecule is COC(=O)C(Cc1ccc(OCCN(C)c2nc3ccccc3o2)cc1)Nc1ccccc1S(=O)(=O)c1ccccc1. The van der Waals surface area contributed by atoms with Crippen molar-refractivity contribution in [2.24, 2.45) is 0 Å². The summed E-state index contributed by atoms with van der Waals surface area (Å²) in [6.45, 7) is 0.974. The molecule has 1 aromatic heterocycles. The van der Waals surface area contributed by atoms with Crippen LogP contribution in [0.2, 0.25) is 0 Å². The number of oxazole rings is 1. The number of carbonyl (C=O) groups excluding carboxylic acids is 1. The summed E-state index contributed by atoms with van der Waals surface area (Å²) in [6.07, 6.45) is 0.271. The summed E-state index contributed by atoms with van der Waals surface area (Å²) in [5.74, 6) is 0.163. The van der Waals surface area contributed by atoms with E-state index in [-0.39, 0.29) is 16.2 Å². The maximum Gasteiger partial charge on any atom is 0.328 e. The van der Waals surface area contributed by atoms with Crippen LogP contribution in [0.5, 0.6) is 5.75 Å². The number of para-hydroxylation sites is 3. The molecule has 1 N–H and O–H groups in total. The maximum atomic E-state index is 13.3. The van der Waals surface area contributed by atoms with Crippen LogP contribution in [0, 0.1) is 0 Å². The minimum atomic E-state index is -3.81. The van der Waals surface area contributed by atoms with E-state index in [1.807, 2.05) is 60.5 Å². The van der Waals surface area contributed by atoms with Crippen molar-refractivity contribution in [1.29, 1.82) is 0 Å². The van der Waals surface area contributed by atoms with E-state index in [0.717, 1.165) is 16.7 Å². The summed E-state index contributed by atoms with van der Waals surface area (Å²) < 4.78 is 43.4. The molecule has 0 saturated carbocycles. The van der Waals surface area contributed by atoms with E-state index in [1.54, 1.807) is 48.5 Å². The molecule has 42 heavy (non-hydrogen) atoms. The summed E-state index contributed by atoms with van der Waals surface area (Å²) in [7, 11) is -0.617. The Hall–Kier alpha value is -4.83. The first-order chi connectivity index (χ1) is 20.3. The topological polar surface area (TPSA) is 111 Å². The van der Waals surface area contributed by atoms with Gasteiger partial charge in [-0.2, -0.15) is 4.98 Å². The van der Waals surface area contributed by atoms with Gasteiger partial charge in [-0.1, -0.05) is 54.6 Å². The van der Waals surface area contributed by atoms with Gasteiger partial charge in [0.15, 0.2) is 5.58 Å². The molecule has 1 heterocycles. The first kappa shape index (κ1) is 28.7. The maximum absolute atomic E-state index is 13.3. The summed E-state index contributed by atoms with van der Waals surface area (Å²) in [4.78, 5) is 19.3. The Bertz CT molecular complexity index is 1720. The fourth-order valence-corrected chi connectivity index (χ4v) is 5.89. The number of fused-ring (bicyclic) bond motifs is 1. The molecule has 0 saturated heterocycles. The standard InChI is InChI=1S/C32H31N3O6S/c1-35(32-34-26-12-6-8-14-29(26)41-32)20-21-40-24-18-16-23(17-19-24)22-28(31(36)39-2)33-27-13-7-9-15-30(27)42(37,38)25-10-4-3-5-11-25/h3-19,28,33H,20-22H2,1-2H3. The third-order valence-corrected chi connectivity index (χ3v) is 8.54. The van der Waals surface area contributed by atoms with Gasteiger partial charge in [0.1, 0.15) is 23.9 Å². The molecule has 216 valence electrons. The highest BCUT2D eigenvalue weighted by Gasteiger charge is 2.25. The van der Waals surface area contributed by atoms with Gasteiger partial charge in [-0.3, -0.25) is 0 Å². The van der Waals surface area contributed by atoms with Crippen molar-refractivity contribution in [3.63, 3.8) is 0 Å². The van der Waals surface area contributed by atoms with E-state index in [0.29, 0.717) is 30.6 Å². The van der Waals surface area contributed by atoms with Crippen molar-refractivity contribution in [3.8, 4) is 5.75 Å². The molecule has 0 aliphatic carbocycles. The van der Waals surface area contributed by atoms with Crippen LogP contribution in [0.3, 0.4) is 0 Å². The van der Waals surface area contributed by atoms with Crippen LogP contribution in [0.1, 0.15) is 5.56 Å². The fraction of sp³-hybridized carbons (Fsp3) is 0.188. The predicted molar refractivity (Wildman–Crippen MR) is 161 cm³/mol. The lowest BCUT2D eigenvalue weighted by Crippen LogP contribution is -2.33. The number of methoxy groups -OCH3 is 1. The smallest absolute Gasteiger partial charge is 0.328 e. The molecule has 5 aromatic rings. The molecular formula is C32H31N3O6S. The quantitative estimate of drug-likeness (QED) is 0.193. The summed E-state index contributed by atoms with van der Waals surface area (Å²) in [6, 6.07) is 29.4. The van der Waals surface area contributed by atoms with E-state index in [9.17, 15) is 13.2 Å². The Morgan fingerprint density at radius 1 is 0.929 bits per heavy atom. The Balaban J connectivity index is 1.23. The van der Waals surface area contributed by atoms with Crippen molar-refractivity contribution in [2.75, 3.05) is 37.5 Å². The van der Waals surface area contributed by atoms with E-state index < -0.39 is 21.8 Å². The highest BCUT2D eigenvalue weighted by atomic mass is 32.2. The monoisotopic (exact) mass is 585 g/mol. The van der Waals surface area contributed by atoms with Crippen LogP contribution >= 0.6 is 0 Å². The van der Waals surface area contributed by atoms with Crippen molar-refractivity contribution in [2.45, 2.75) is 22.3 Å². The Morgan fingerprint density at radius 3 is 2.36 bits per heavy atom. The Morgan fingerprint density at radius 2 is 1.62 bits per heavy atom. The lowest BCUT2D eigenvalue weighted by Gasteiger charge is -2.20. The average Bonchev–Trinajstić information content (AvgIpc) is 3.46. The van der Waals surface area contributed by atoms with Crippen LogP contribution in [-0.2, 0) is 25.8 Å². The molecule has 4 aromatic carbocycles. The third-order valence-electron chi connectivity index (χ3n) is 6.71. The number of nitrogens with zero attached hydrogens (tertiary/aromatic N) is 2. The zero-order chi connectivity index (χ0) is 29.5. The minimum Gasteiger partial charge on any atom is -0.492 e. The van der Waals surface area contributed by atoms with Gasteiger partial charge in [0.2, 0.25) is 9.84 Å². The van der Waals surface area contributed by atoms with Gasteiger partial charge in [0, 0.05) is 13.5 Å². The molecule has 0 fully saturated rings. The molecule has 0 radical (unpaired) electrons. The second kappa shape index (κ2) is 12.8. The van der Waals surface area contributed by atoms with E-state index in [4.69, 9.17) is 13.9 Å². The van der Waals surface area contributed by atoms with Gasteiger partial charge in [0.05, 0.1) is 29.1 Å².